The van der Waals surface area contributed by atoms with Gasteiger partial charge in [-0.1, -0.05) is 18.2 Å². The molecule has 2 aliphatic rings. The van der Waals surface area contributed by atoms with Crippen molar-refractivity contribution in [2.45, 2.75) is 32.2 Å². The van der Waals surface area contributed by atoms with E-state index >= 15 is 0 Å². The minimum Gasteiger partial charge on any atom is -0.356 e. The van der Waals surface area contributed by atoms with E-state index in [2.05, 4.69) is 22.9 Å². The molecule has 23 heavy (non-hydrogen) atoms. The molecule has 1 saturated heterocycles. The number of fused-ring (bicyclic) bond motifs is 1. The smallest absolute Gasteiger partial charge is 0.262 e. The Bertz CT molecular complexity index is 737. The SMILES string of the molecule is CC1Cc2ccccc2N1C(=O)c1cccnc1N1CCCC1. The maximum Gasteiger partial charge on any atom is 0.262 e. The third-order valence-electron chi connectivity index (χ3n) is 4.85. The molecule has 1 atom stereocenters. The number of carbonyl (C=O) groups is 1. The first-order chi connectivity index (χ1) is 11.3. The fourth-order valence-electron chi connectivity index (χ4n) is 3.75. The van der Waals surface area contributed by atoms with Gasteiger partial charge in [0, 0.05) is 31.0 Å². The molecule has 0 N–H and O–H groups in total. The molecule has 1 amide bonds. The molecule has 1 unspecified atom stereocenters. The van der Waals surface area contributed by atoms with Gasteiger partial charge in [-0.3, -0.25) is 4.79 Å². The molecule has 2 aliphatic heterocycles. The lowest BCUT2D eigenvalue weighted by Gasteiger charge is -2.26. The molecule has 0 bridgehead atoms. The molecule has 0 spiro atoms. The summed E-state index contributed by atoms with van der Waals surface area (Å²) in [5.74, 6) is 0.907. The van der Waals surface area contributed by atoms with Crippen molar-refractivity contribution < 1.29 is 4.79 Å². The van der Waals surface area contributed by atoms with Gasteiger partial charge in [-0.15, -0.1) is 0 Å². The fraction of sp³-hybridized carbons (Fsp3) is 0.368. The molecule has 3 heterocycles. The molecular weight excluding hydrogens is 286 g/mol. The summed E-state index contributed by atoms with van der Waals surface area (Å²) in [4.78, 5) is 21.9. The summed E-state index contributed by atoms with van der Waals surface area (Å²) in [6.45, 7) is 4.09. The van der Waals surface area contributed by atoms with E-state index in [1.807, 2.05) is 35.2 Å². The van der Waals surface area contributed by atoms with Crippen molar-refractivity contribution in [3.63, 3.8) is 0 Å². The summed E-state index contributed by atoms with van der Waals surface area (Å²) < 4.78 is 0. The Balaban J connectivity index is 1.73. The molecule has 1 fully saturated rings. The van der Waals surface area contributed by atoms with Crippen LogP contribution in [0.15, 0.2) is 42.6 Å². The Morgan fingerprint density at radius 3 is 2.74 bits per heavy atom. The Morgan fingerprint density at radius 2 is 1.91 bits per heavy atom. The second-order valence-electron chi connectivity index (χ2n) is 6.43. The largest absolute Gasteiger partial charge is 0.356 e. The van der Waals surface area contributed by atoms with E-state index in [0.717, 1.165) is 36.6 Å². The Hall–Kier alpha value is -2.36. The molecule has 0 radical (unpaired) electrons. The number of hydrogen-bond acceptors (Lipinski definition) is 3. The fourth-order valence-corrected chi connectivity index (χ4v) is 3.75. The molecule has 4 nitrogen and oxygen atoms in total. The minimum atomic E-state index is 0.0671. The highest BCUT2D eigenvalue weighted by atomic mass is 16.2. The highest BCUT2D eigenvalue weighted by Gasteiger charge is 2.33. The van der Waals surface area contributed by atoms with Crippen molar-refractivity contribution in [3.8, 4) is 0 Å². The third kappa shape index (κ3) is 2.38. The maximum atomic E-state index is 13.3. The van der Waals surface area contributed by atoms with Gasteiger partial charge in [-0.25, -0.2) is 4.98 Å². The van der Waals surface area contributed by atoms with Gasteiger partial charge in [0.1, 0.15) is 5.82 Å². The lowest BCUT2D eigenvalue weighted by Crippen LogP contribution is -2.37. The molecule has 1 aromatic heterocycles. The van der Waals surface area contributed by atoms with Crippen molar-refractivity contribution in [2.75, 3.05) is 22.9 Å². The topological polar surface area (TPSA) is 36.4 Å². The average Bonchev–Trinajstić information content (AvgIpc) is 3.21. The van der Waals surface area contributed by atoms with Gasteiger partial charge >= 0.3 is 0 Å². The molecule has 1 aromatic carbocycles. The standard InChI is InChI=1S/C19H21N3O/c1-14-13-15-7-2-3-9-17(15)22(14)19(23)16-8-6-10-20-18(16)21-11-4-5-12-21/h2-3,6-10,14H,4-5,11-13H2,1H3. The molecule has 0 aliphatic carbocycles. The molecule has 4 rings (SSSR count). The second-order valence-corrected chi connectivity index (χ2v) is 6.43. The van der Waals surface area contributed by atoms with Gasteiger partial charge in [-0.2, -0.15) is 0 Å². The Labute approximate surface area is 136 Å². The van der Waals surface area contributed by atoms with Gasteiger partial charge in [0.05, 0.1) is 5.56 Å². The van der Waals surface area contributed by atoms with Crippen LogP contribution in [-0.4, -0.2) is 30.0 Å². The summed E-state index contributed by atoms with van der Waals surface area (Å²) >= 11 is 0. The van der Waals surface area contributed by atoms with Crippen LogP contribution in [0.25, 0.3) is 0 Å². The minimum absolute atomic E-state index is 0.0671. The first-order valence-electron chi connectivity index (χ1n) is 8.37. The van der Waals surface area contributed by atoms with Gasteiger partial charge in [0.15, 0.2) is 0 Å². The number of pyridine rings is 1. The van der Waals surface area contributed by atoms with E-state index in [4.69, 9.17) is 0 Å². The lowest BCUT2D eigenvalue weighted by atomic mass is 10.1. The molecule has 118 valence electrons. The van der Waals surface area contributed by atoms with Crippen LogP contribution in [-0.2, 0) is 6.42 Å². The van der Waals surface area contributed by atoms with E-state index in [9.17, 15) is 4.79 Å². The number of aromatic nitrogens is 1. The molecule has 2 aromatic rings. The van der Waals surface area contributed by atoms with Gasteiger partial charge in [0.2, 0.25) is 0 Å². The van der Waals surface area contributed by atoms with Gasteiger partial charge in [-0.05, 0) is 49.9 Å². The number of para-hydroxylation sites is 1. The highest BCUT2D eigenvalue weighted by Crippen LogP contribution is 2.34. The van der Waals surface area contributed by atoms with Crippen LogP contribution in [0.4, 0.5) is 11.5 Å². The van der Waals surface area contributed by atoms with E-state index in [0.29, 0.717) is 0 Å². The van der Waals surface area contributed by atoms with Crippen LogP contribution in [0.2, 0.25) is 0 Å². The molecule has 0 saturated carbocycles. The summed E-state index contributed by atoms with van der Waals surface area (Å²) in [6.07, 6.45) is 5.05. The quantitative estimate of drug-likeness (QED) is 0.854. The lowest BCUT2D eigenvalue weighted by molar-refractivity contribution is 0.0981. The van der Waals surface area contributed by atoms with Gasteiger partial charge in [0.25, 0.3) is 5.91 Å². The van der Waals surface area contributed by atoms with Crippen LogP contribution < -0.4 is 9.80 Å². The van der Waals surface area contributed by atoms with Crippen LogP contribution >= 0.6 is 0 Å². The summed E-state index contributed by atoms with van der Waals surface area (Å²) in [6, 6.07) is 12.2. The van der Waals surface area contributed by atoms with Crippen molar-refractivity contribution in [1.82, 2.24) is 4.98 Å². The zero-order valence-electron chi connectivity index (χ0n) is 13.4. The first-order valence-corrected chi connectivity index (χ1v) is 8.37. The number of benzene rings is 1. The predicted octanol–water partition coefficient (Wildman–Crippen LogP) is 3.27. The highest BCUT2D eigenvalue weighted by molar-refractivity contribution is 6.10. The monoisotopic (exact) mass is 307 g/mol. The molecule has 4 heteroatoms. The average molecular weight is 307 g/mol. The van der Waals surface area contributed by atoms with E-state index in [1.54, 1.807) is 6.20 Å². The first kappa shape index (κ1) is 14.2. The van der Waals surface area contributed by atoms with E-state index in [-0.39, 0.29) is 11.9 Å². The van der Waals surface area contributed by atoms with Crippen molar-refractivity contribution >= 4 is 17.4 Å². The number of amides is 1. The summed E-state index contributed by atoms with van der Waals surface area (Å²) in [5, 5.41) is 0. The normalized spacial score (nSPS) is 20.0. The number of hydrogen-bond donors (Lipinski definition) is 0. The van der Waals surface area contributed by atoms with Crippen molar-refractivity contribution in [3.05, 3.63) is 53.7 Å². The summed E-state index contributed by atoms with van der Waals surface area (Å²) in [5.41, 5.74) is 3.01. The third-order valence-corrected chi connectivity index (χ3v) is 4.85. The van der Waals surface area contributed by atoms with Crippen LogP contribution in [0.1, 0.15) is 35.7 Å². The number of rotatable bonds is 2. The Morgan fingerprint density at radius 1 is 1.13 bits per heavy atom. The van der Waals surface area contributed by atoms with Crippen molar-refractivity contribution in [2.24, 2.45) is 0 Å². The van der Waals surface area contributed by atoms with E-state index in [1.165, 1.54) is 18.4 Å². The molecular formula is C19H21N3O. The maximum absolute atomic E-state index is 13.3. The van der Waals surface area contributed by atoms with Crippen LogP contribution in [0, 0.1) is 0 Å². The predicted molar refractivity (Wildman–Crippen MR) is 92.1 cm³/mol. The Kier molecular flexibility index (Phi) is 3.52. The number of nitrogens with zero attached hydrogens (tertiary/aromatic N) is 3. The van der Waals surface area contributed by atoms with Crippen LogP contribution in [0.5, 0.6) is 0 Å². The van der Waals surface area contributed by atoms with Crippen LogP contribution in [0.3, 0.4) is 0 Å². The second kappa shape index (κ2) is 5.69. The zero-order valence-corrected chi connectivity index (χ0v) is 13.4. The zero-order chi connectivity index (χ0) is 15.8. The van der Waals surface area contributed by atoms with Crippen molar-refractivity contribution in [1.29, 1.82) is 0 Å². The number of carbonyl (C=O) groups excluding carboxylic acids is 1. The summed E-state index contributed by atoms with van der Waals surface area (Å²) in [7, 11) is 0. The number of anilines is 2. The van der Waals surface area contributed by atoms with Gasteiger partial charge < -0.3 is 9.80 Å². The van der Waals surface area contributed by atoms with E-state index < -0.39 is 0 Å².